The molecule has 3 rings (SSSR count). The summed E-state index contributed by atoms with van der Waals surface area (Å²) in [6, 6.07) is 10.3. The van der Waals surface area contributed by atoms with Crippen molar-refractivity contribution >= 4 is 11.9 Å². The number of rotatable bonds is 6. The molecule has 1 atom stereocenters. The van der Waals surface area contributed by atoms with Gasteiger partial charge < -0.3 is 10.4 Å². The first-order chi connectivity index (χ1) is 12.1. The molecule has 0 radical (unpaired) electrons. The zero-order valence-electron chi connectivity index (χ0n) is 14.7. The van der Waals surface area contributed by atoms with E-state index in [-0.39, 0.29) is 17.9 Å². The second-order valence-corrected chi connectivity index (χ2v) is 7.39. The van der Waals surface area contributed by atoms with Crippen LogP contribution in [0.1, 0.15) is 50.1 Å². The number of hydrogen-bond acceptors (Lipinski definition) is 3. The van der Waals surface area contributed by atoms with Gasteiger partial charge in [-0.1, -0.05) is 43.2 Å². The van der Waals surface area contributed by atoms with Crippen LogP contribution in [0.5, 0.6) is 0 Å². The van der Waals surface area contributed by atoms with Gasteiger partial charge in [-0.15, -0.1) is 0 Å². The van der Waals surface area contributed by atoms with Crippen molar-refractivity contribution in [3.8, 4) is 0 Å². The van der Waals surface area contributed by atoms with Crippen LogP contribution in [-0.2, 0) is 9.59 Å². The van der Waals surface area contributed by atoms with E-state index in [1.807, 2.05) is 18.2 Å². The fourth-order valence-corrected chi connectivity index (χ4v) is 4.18. The Labute approximate surface area is 149 Å². The molecule has 136 valence electrons. The number of hydrogen-bond donors (Lipinski definition) is 2. The zero-order chi connectivity index (χ0) is 17.6. The summed E-state index contributed by atoms with van der Waals surface area (Å²) >= 11 is 0. The highest BCUT2D eigenvalue weighted by molar-refractivity contribution is 5.78. The van der Waals surface area contributed by atoms with Crippen molar-refractivity contribution in [1.29, 1.82) is 0 Å². The second kappa shape index (κ2) is 8.48. The first-order valence-corrected chi connectivity index (χ1v) is 9.43. The number of carbonyl (C=O) groups excluding carboxylic acids is 1. The fourth-order valence-electron chi connectivity index (χ4n) is 4.18. The van der Waals surface area contributed by atoms with Crippen molar-refractivity contribution in [2.45, 2.75) is 44.6 Å². The SMILES string of the molecule is O=C(CN1CCC(C(=O)O)CC1)NC(c1ccccc1)C1CCCC1. The summed E-state index contributed by atoms with van der Waals surface area (Å²) in [7, 11) is 0. The predicted octanol–water partition coefficient (Wildman–Crippen LogP) is 2.83. The molecule has 0 aromatic heterocycles. The minimum Gasteiger partial charge on any atom is -0.481 e. The Morgan fingerprint density at radius 1 is 1.08 bits per heavy atom. The Morgan fingerprint density at radius 3 is 2.32 bits per heavy atom. The number of aliphatic carboxylic acids is 1. The Morgan fingerprint density at radius 2 is 1.72 bits per heavy atom. The highest BCUT2D eigenvalue weighted by Gasteiger charge is 2.29. The molecule has 1 unspecified atom stereocenters. The van der Waals surface area contributed by atoms with Gasteiger partial charge in [-0.05, 0) is 50.3 Å². The molecule has 0 spiro atoms. The molecule has 1 amide bonds. The number of carboxylic acids is 1. The predicted molar refractivity (Wildman–Crippen MR) is 96.1 cm³/mol. The third kappa shape index (κ3) is 4.82. The summed E-state index contributed by atoms with van der Waals surface area (Å²) in [5.74, 6) is -0.400. The van der Waals surface area contributed by atoms with Gasteiger partial charge in [0.05, 0.1) is 18.5 Å². The average molecular weight is 344 g/mol. The van der Waals surface area contributed by atoms with Gasteiger partial charge >= 0.3 is 5.97 Å². The van der Waals surface area contributed by atoms with Gasteiger partial charge in [-0.25, -0.2) is 0 Å². The molecule has 1 aliphatic carbocycles. The minimum atomic E-state index is -0.713. The molecule has 0 bridgehead atoms. The van der Waals surface area contributed by atoms with Gasteiger partial charge in [0.2, 0.25) is 5.91 Å². The van der Waals surface area contributed by atoms with E-state index in [1.54, 1.807) is 0 Å². The molecule has 1 saturated heterocycles. The molecule has 1 saturated carbocycles. The summed E-state index contributed by atoms with van der Waals surface area (Å²) in [4.78, 5) is 25.7. The standard InChI is InChI=1S/C20H28N2O3/c23-18(14-22-12-10-17(11-13-22)20(24)25)21-19(16-8-4-5-9-16)15-6-2-1-3-7-15/h1-3,6-7,16-17,19H,4-5,8-14H2,(H,21,23)(H,24,25). The van der Waals surface area contributed by atoms with Gasteiger partial charge in [-0.3, -0.25) is 14.5 Å². The maximum atomic E-state index is 12.6. The van der Waals surface area contributed by atoms with Crippen LogP contribution in [0.2, 0.25) is 0 Å². The van der Waals surface area contributed by atoms with Crippen molar-refractivity contribution < 1.29 is 14.7 Å². The quantitative estimate of drug-likeness (QED) is 0.832. The lowest BCUT2D eigenvalue weighted by Crippen LogP contribution is -2.44. The van der Waals surface area contributed by atoms with E-state index in [1.165, 1.54) is 31.2 Å². The number of benzene rings is 1. The molecule has 2 aliphatic rings. The van der Waals surface area contributed by atoms with E-state index in [0.29, 0.717) is 38.4 Å². The molecule has 2 N–H and O–H groups in total. The first kappa shape index (κ1) is 17.9. The molecule has 1 aromatic carbocycles. The van der Waals surface area contributed by atoms with Crippen molar-refractivity contribution in [3.63, 3.8) is 0 Å². The van der Waals surface area contributed by atoms with Crippen LogP contribution in [-0.4, -0.2) is 41.5 Å². The number of amides is 1. The van der Waals surface area contributed by atoms with Crippen LogP contribution < -0.4 is 5.32 Å². The highest BCUT2D eigenvalue weighted by Crippen LogP contribution is 2.35. The molecular formula is C20H28N2O3. The van der Waals surface area contributed by atoms with E-state index < -0.39 is 5.97 Å². The topological polar surface area (TPSA) is 69.6 Å². The summed E-state index contributed by atoms with van der Waals surface area (Å²) in [5.41, 5.74) is 1.19. The van der Waals surface area contributed by atoms with Crippen LogP contribution in [0.3, 0.4) is 0 Å². The van der Waals surface area contributed by atoms with Gasteiger partial charge in [0.1, 0.15) is 0 Å². The summed E-state index contributed by atoms with van der Waals surface area (Å²) < 4.78 is 0. The van der Waals surface area contributed by atoms with E-state index in [4.69, 9.17) is 5.11 Å². The van der Waals surface area contributed by atoms with Gasteiger partial charge in [0.25, 0.3) is 0 Å². The van der Waals surface area contributed by atoms with Crippen molar-refractivity contribution in [2.24, 2.45) is 11.8 Å². The number of piperidine rings is 1. The fraction of sp³-hybridized carbons (Fsp3) is 0.600. The minimum absolute atomic E-state index is 0.0505. The third-order valence-corrected chi connectivity index (χ3v) is 5.65. The van der Waals surface area contributed by atoms with Crippen LogP contribution >= 0.6 is 0 Å². The lowest BCUT2D eigenvalue weighted by molar-refractivity contribution is -0.143. The van der Waals surface area contributed by atoms with E-state index in [2.05, 4.69) is 22.3 Å². The van der Waals surface area contributed by atoms with Gasteiger partial charge in [-0.2, -0.15) is 0 Å². The van der Waals surface area contributed by atoms with Crippen molar-refractivity contribution in [2.75, 3.05) is 19.6 Å². The van der Waals surface area contributed by atoms with Crippen LogP contribution in [0.15, 0.2) is 30.3 Å². The number of carbonyl (C=O) groups is 2. The summed E-state index contributed by atoms with van der Waals surface area (Å²) in [6.45, 7) is 1.73. The highest BCUT2D eigenvalue weighted by atomic mass is 16.4. The smallest absolute Gasteiger partial charge is 0.306 e. The monoisotopic (exact) mass is 344 g/mol. The Kier molecular flexibility index (Phi) is 6.08. The Balaban J connectivity index is 1.56. The molecule has 5 nitrogen and oxygen atoms in total. The molecule has 1 aliphatic heterocycles. The first-order valence-electron chi connectivity index (χ1n) is 9.43. The lowest BCUT2D eigenvalue weighted by atomic mass is 9.91. The van der Waals surface area contributed by atoms with E-state index >= 15 is 0 Å². The molecule has 25 heavy (non-hydrogen) atoms. The molecule has 5 heteroatoms. The third-order valence-electron chi connectivity index (χ3n) is 5.65. The molecule has 1 heterocycles. The zero-order valence-corrected chi connectivity index (χ0v) is 14.7. The van der Waals surface area contributed by atoms with Crippen LogP contribution in [0.25, 0.3) is 0 Å². The van der Waals surface area contributed by atoms with Crippen LogP contribution in [0.4, 0.5) is 0 Å². The van der Waals surface area contributed by atoms with Crippen molar-refractivity contribution in [1.82, 2.24) is 10.2 Å². The number of likely N-dealkylation sites (tertiary alicyclic amines) is 1. The normalized spacial score (nSPS) is 21.1. The lowest BCUT2D eigenvalue weighted by Gasteiger charge is -2.31. The molecular weight excluding hydrogens is 316 g/mol. The van der Waals surface area contributed by atoms with E-state index in [0.717, 1.165) is 0 Å². The van der Waals surface area contributed by atoms with Gasteiger partial charge in [0.15, 0.2) is 0 Å². The number of carboxylic acid groups (broad SMARTS) is 1. The molecule has 2 fully saturated rings. The Bertz CT molecular complexity index is 576. The maximum Gasteiger partial charge on any atom is 0.306 e. The number of nitrogens with one attached hydrogen (secondary N) is 1. The second-order valence-electron chi connectivity index (χ2n) is 7.39. The summed E-state index contributed by atoms with van der Waals surface area (Å²) in [6.07, 6.45) is 6.09. The van der Waals surface area contributed by atoms with Crippen LogP contribution in [0, 0.1) is 11.8 Å². The molecule has 1 aromatic rings. The largest absolute Gasteiger partial charge is 0.481 e. The Hall–Kier alpha value is -1.88. The van der Waals surface area contributed by atoms with Gasteiger partial charge in [0, 0.05) is 0 Å². The average Bonchev–Trinajstić information content (AvgIpc) is 3.15. The van der Waals surface area contributed by atoms with E-state index in [9.17, 15) is 9.59 Å². The maximum absolute atomic E-state index is 12.6. The summed E-state index contributed by atoms with van der Waals surface area (Å²) in [5, 5.41) is 12.3. The number of nitrogens with zero attached hydrogens (tertiary/aromatic N) is 1. The van der Waals surface area contributed by atoms with Crippen molar-refractivity contribution in [3.05, 3.63) is 35.9 Å².